The van der Waals surface area contributed by atoms with E-state index in [-0.39, 0.29) is 0 Å². The van der Waals surface area contributed by atoms with Crippen LogP contribution in [0.4, 0.5) is 0 Å². The van der Waals surface area contributed by atoms with Crippen LogP contribution in [-0.4, -0.2) is 0 Å². The highest BCUT2D eigenvalue weighted by Crippen LogP contribution is 2.30. The van der Waals surface area contributed by atoms with Crippen LogP contribution in [0.1, 0.15) is 5.56 Å². The van der Waals surface area contributed by atoms with E-state index in [4.69, 9.17) is 28.5 Å². The zero-order valence-corrected chi connectivity index (χ0v) is 11.6. The maximum atomic E-state index is 8.91. The predicted octanol–water partition coefficient (Wildman–Crippen LogP) is 5.29. The zero-order chi connectivity index (χ0) is 12.4. The van der Waals surface area contributed by atoms with Crippen LogP contribution in [-0.2, 0) is 0 Å². The minimum Gasteiger partial charge on any atom is -0.192 e. The minimum atomic E-state index is 0.502. The van der Waals surface area contributed by atoms with Crippen molar-refractivity contribution in [2.45, 2.75) is 0 Å². The van der Waals surface area contributed by atoms with Crippen molar-refractivity contribution in [1.82, 2.24) is 0 Å². The van der Waals surface area contributed by atoms with Crippen molar-refractivity contribution < 1.29 is 0 Å². The number of nitriles is 1. The summed E-state index contributed by atoms with van der Waals surface area (Å²) in [5.41, 5.74) is 2.45. The van der Waals surface area contributed by atoms with Crippen LogP contribution in [0, 0.1) is 11.3 Å². The van der Waals surface area contributed by atoms with Gasteiger partial charge < -0.3 is 0 Å². The summed E-state index contributed by atoms with van der Waals surface area (Å²) in [4.78, 5) is 0. The monoisotopic (exact) mass is 325 g/mol. The number of hydrogen-bond acceptors (Lipinski definition) is 1. The van der Waals surface area contributed by atoms with Crippen molar-refractivity contribution in [1.29, 1.82) is 5.26 Å². The molecule has 2 rings (SSSR count). The van der Waals surface area contributed by atoms with Crippen molar-refractivity contribution in [3.8, 4) is 17.2 Å². The molecule has 0 aliphatic heterocycles. The van der Waals surface area contributed by atoms with E-state index in [0.717, 1.165) is 15.6 Å². The Hall–Kier alpha value is -1.01. The summed E-state index contributed by atoms with van der Waals surface area (Å²) >= 11 is 15.2. The molecule has 0 heterocycles. The minimum absolute atomic E-state index is 0.502. The Morgan fingerprint density at radius 3 is 2.35 bits per heavy atom. The molecule has 0 aromatic heterocycles. The van der Waals surface area contributed by atoms with Crippen molar-refractivity contribution in [3.63, 3.8) is 0 Å². The lowest BCUT2D eigenvalue weighted by Crippen LogP contribution is -1.82. The molecule has 0 saturated carbocycles. The van der Waals surface area contributed by atoms with E-state index in [1.807, 2.05) is 18.2 Å². The molecule has 2 aromatic carbocycles. The quantitative estimate of drug-likeness (QED) is 0.698. The summed E-state index contributed by atoms with van der Waals surface area (Å²) in [5, 5.41) is 9.94. The summed E-state index contributed by atoms with van der Waals surface area (Å²) in [7, 11) is 0. The Labute approximate surface area is 118 Å². The van der Waals surface area contributed by atoms with Gasteiger partial charge in [0, 0.05) is 4.47 Å². The molecule has 17 heavy (non-hydrogen) atoms. The first-order chi connectivity index (χ1) is 8.10. The highest BCUT2D eigenvalue weighted by molar-refractivity contribution is 9.10. The van der Waals surface area contributed by atoms with Gasteiger partial charge in [-0.3, -0.25) is 0 Å². The lowest BCUT2D eigenvalue weighted by molar-refractivity contribution is 1.47. The molecule has 0 bridgehead atoms. The number of nitrogens with zero attached hydrogens (tertiary/aromatic N) is 1. The van der Waals surface area contributed by atoms with Crippen LogP contribution in [0.3, 0.4) is 0 Å². The second-order valence-electron chi connectivity index (χ2n) is 3.47. The second kappa shape index (κ2) is 5.10. The number of benzene rings is 2. The Kier molecular flexibility index (Phi) is 3.73. The van der Waals surface area contributed by atoms with Crippen LogP contribution in [0.25, 0.3) is 11.1 Å². The molecule has 0 radical (unpaired) electrons. The van der Waals surface area contributed by atoms with Crippen molar-refractivity contribution in [3.05, 3.63) is 56.5 Å². The molecule has 0 unspecified atom stereocenters. The topological polar surface area (TPSA) is 23.8 Å². The average molecular weight is 327 g/mol. The van der Waals surface area contributed by atoms with Crippen LogP contribution in [0.15, 0.2) is 40.9 Å². The molecule has 0 aliphatic carbocycles. The Bertz CT molecular complexity index is 617. The lowest BCUT2D eigenvalue weighted by Gasteiger charge is -2.05. The van der Waals surface area contributed by atoms with Gasteiger partial charge in [-0.15, -0.1) is 0 Å². The molecular formula is C13H6BrCl2N. The predicted molar refractivity (Wildman–Crippen MR) is 74.3 cm³/mol. The third-order valence-electron chi connectivity index (χ3n) is 2.28. The van der Waals surface area contributed by atoms with Crippen LogP contribution in [0.2, 0.25) is 10.0 Å². The third-order valence-corrected chi connectivity index (χ3v) is 3.48. The van der Waals surface area contributed by atoms with Crippen LogP contribution < -0.4 is 0 Å². The molecule has 4 heteroatoms. The van der Waals surface area contributed by atoms with Gasteiger partial charge in [0.15, 0.2) is 0 Å². The molecular weight excluding hydrogens is 321 g/mol. The summed E-state index contributed by atoms with van der Waals surface area (Å²) in [6.45, 7) is 0. The third kappa shape index (κ3) is 2.81. The Balaban J connectivity index is 2.56. The van der Waals surface area contributed by atoms with E-state index >= 15 is 0 Å². The van der Waals surface area contributed by atoms with Gasteiger partial charge in [0.2, 0.25) is 0 Å². The molecule has 0 aliphatic rings. The maximum absolute atomic E-state index is 8.91. The van der Waals surface area contributed by atoms with E-state index < -0.39 is 0 Å². The van der Waals surface area contributed by atoms with Gasteiger partial charge in [-0.25, -0.2) is 0 Å². The molecule has 0 fully saturated rings. The van der Waals surface area contributed by atoms with Crippen molar-refractivity contribution in [2.24, 2.45) is 0 Å². The first kappa shape index (κ1) is 12.4. The zero-order valence-electron chi connectivity index (χ0n) is 8.55. The smallest absolute Gasteiger partial charge is 0.0992 e. The molecule has 1 nitrogen and oxygen atoms in total. The van der Waals surface area contributed by atoms with Gasteiger partial charge in [-0.1, -0.05) is 45.2 Å². The molecule has 0 saturated heterocycles. The van der Waals surface area contributed by atoms with E-state index in [2.05, 4.69) is 22.0 Å². The van der Waals surface area contributed by atoms with Crippen LogP contribution in [0.5, 0.6) is 0 Å². The summed E-state index contributed by atoms with van der Waals surface area (Å²) in [6.07, 6.45) is 0. The van der Waals surface area contributed by atoms with Gasteiger partial charge in [-0.05, 0) is 41.5 Å². The van der Waals surface area contributed by atoms with E-state index in [1.54, 1.807) is 18.2 Å². The van der Waals surface area contributed by atoms with Gasteiger partial charge in [-0.2, -0.15) is 5.26 Å². The Morgan fingerprint density at radius 2 is 1.71 bits per heavy atom. The first-order valence-electron chi connectivity index (χ1n) is 4.76. The van der Waals surface area contributed by atoms with Crippen molar-refractivity contribution >= 4 is 39.1 Å². The largest absolute Gasteiger partial charge is 0.192 e. The molecule has 2 aromatic rings. The average Bonchev–Trinajstić information content (AvgIpc) is 2.32. The SMILES string of the molecule is N#Cc1cc(Br)cc(-c2ccc(Cl)c(Cl)c2)c1. The number of halogens is 3. The molecule has 0 N–H and O–H groups in total. The maximum Gasteiger partial charge on any atom is 0.0992 e. The fraction of sp³-hybridized carbons (Fsp3) is 0. The highest BCUT2D eigenvalue weighted by atomic mass is 79.9. The van der Waals surface area contributed by atoms with Gasteiger partial charge in [0.05, 0.1) is 21.7 Å². The van der Waals surface area contributed by atoms with Gasteiger partial charge in [0.1, 0.15) is 0 Å². The van der Waals surface area contributed by atoms with Gasteiger partial charge in [0.25, 0.3) is 0 Å². The summed E-state index contributed by atoms with van der Waals surface area (Å²) in [5.74, 6) is 0. The second-order valence-corrected chi connectivity index (χ2v) is 5.20. The van der Waals surface area contributed by atoms with E-state index in [9.17, 15) is 0 Å². The fourth-order valence-electron chi connectivity index (χ4n) is 1.50. The molecule has 0 amide bonds. The Morgan fingerprint density at radius 1 is 0.941 bits per heavy atom. The normalized spacial score (nSPS) is 10.0. The standard InChI is InChI=1S/C13H6BrCl2N/c14-11-4-8(7-17)3-10(5-11)9-1-2-12(15)13(16)6-9/h1-6H. The van der Waals surface area contributed by atoms with Crippen molar-refractivity contribution in [2.75, 3.05) is 0 Å². The van der Waals surface area contributed by atoms with E-state index in [1.165, 1.54) is 0 Å². The molecule has 0 atom stereocenters. The van der Waals surface area contributed by atoms with Gasteiger partial charge >= 0.3 is 0 Å². The highest BCUT2D eigenvalue weighted by Gasteiger charge is 2.04. The number of rotatable bonds is 1. The van der Waals surface area contributed by atoms with E-state index in [0.29, 0.717) is 15.6 Å². The fourth-order valence-corrected chi connectivity index (χ4v) is 2.29. The molecule has 0 spiro atoms. The first-order valence-corrected chi connectivity index (χ1v) is 6.31. The summed E-state index contributed by atoms with van der Waals surface area (Å²) < 4.78 is 0.859. The number of hydrogen-bond donors (Lipinski definition) is 0. The summed E-state index contributed by atoms with van der Waals surface area (Å²) in [6, 6.07) is 13.0. The van der Waals surface area contributed by atoms with Crippen LogP contribution >= 0.6 is 39.1 Å². The molecule has 84 valence electrons. The lowest BCUT2D eigenvalue weighted by atomic mass is 10.0.